The third-order valence-corrected chi connectivity index (χ3v) is 2.72. The minimum atomic E-state index is -0.00430. The molecular formula is C14H22N2O2. The minimum absolute atomic E-state index is 0.00430. The molecule has 100 valence electrons. The third-order valence-electron chi connectivity index (χ3n) is 2.72. The van der Waals surface area contributed by atoms with E-state index in [9.17, 15) is 4.79 Å². The first-order valence-corrected chi connectivity index (χ1v) is 6.26. The summed E-state index contributed by atoms with van der Waals surface area (Å²) in [6.45, 7) is 7.10. The van der Waals surface area contributed by atoms with Crippen molar-refractivity contribution in [1.82, 2.24) is 4.90 Å². The molecule has 0 heterocycles. The number of carbonyl (C=O) groups excluding carboxylic acids is 1. The fourth-order valence-corrected chi connectivity index (χ4v) is 1.41. The van der Waals surface area contributed by atoms with E-state index in [0.717, 1.165) is 11.4 Å². The predicted octanol–water partition coefficient (Wildman–Crippen LogP) is 2.36. The summed E-state index contributed by atoms with van der Waals surface area (Å²) in [5.74, 6) is 0.810. The summed E-state index contributed by atoms with van der Waals surface area (Å²) in [5.41, 5.74) is 0.792. The SMILES string of the molecule is CCOc1ccc(NC(=O)CN(C)C(C)C)cc1. The Bertz CT molecular complexity index is 374. The molecule has 0 aromatic heterocycles. The first-order chi connectivity index (χ1) is 8.52. The lowest BCUT2D eigenvalue weighted by Crippen LogP contribution is -2.34. The number of anilines is 1. The second-order valence-corrected chi connectivity index (χ2v) is 4.51. The molecule has 0 radical (unpaired) electrons. The van der Waals surface area contributed by atoms with Crippen LogP contribution in [0.1, 0.15) is 20.8 Å². The van der Waals surface area contributed by atoms with Gasteiger partial charge >= 0.3 is 0 Å². The van der Waals surface area contributed by atoms with E-state index in [1.807, 2.05) is 43.1 Å². The molecule has 0 aliphatic rings. The summed E-state index contributed by atoms with van der Waals surface area (Å²) in [6, 6.07) is 7.75. The van der Waals surface area contributed by atoms with Gasteiger partial charge in [-0.1, -0.05) is 0 Å². The van der Waals surface area contributed by atoms with Gasteiger partial charge in [0.25, 0.3) is 0 Å². The Hall–Kier alpha value is -1.55. The predicted molar refractivity (Wildman–Crippen MR) is 74.0 cm³/mol. The molecule has 0 aliphatic heterocycles. The molecule has 1 aromatic carbocycles. The van der Waals surface area contributed by atoms with Crippen LogP contribution in [0.15, 0.2) is 24.3 Å². The van der Waals surface area contributed by atoms with Crippen LogP contribution in [0.25, 0.3) is 0 Å². The lowest BCUT2D eigenvalue weighted by molar-refractivity contribution is -0.117. The second kappa shape index (κ2) is 7.01. The van der Waals surface area contributed by atoms with Crippen molar-refractivity contribution < 1.29 is 9.53 Å². The number of carbonyl (C=O) groups is 1. The van der Waals surface area contributed by atoms with E-state index in [-0.39, 0.29) is 5.91 Å². The van der Waals surface area contributed by atoms with Gasteiger partial charge in [0.2, 0.25) is 5.91 Å². The highest BCUT2D eigenvalue weighted by molar-refractivity contribution is 5.92. The van der Waals surface area contributed by atoms with Crippen LogP contribution in [0, 0.1) is 0 Å². The maximum Gasteiger partial charge on any atom is 0.238 e. The molecule has 1 N–H and O–H groups in total. The molecule has 1 rings (SSSR count). The molecule has 1 aromatic rings. The molecule has 0 saturated heterocycles. The smallest absolute Gasteiger partial charge is 0.238 e. The number of nitrogens with one attached hydrogen (secondary N) is 1. The third kappa shape index (κ3) is 4.75. The van der Waals surface area contributed by atoms with Crippen LogP contribution in [0.5, 0.6) is 5.75 Å². The van der Waals surface area contributed by atoms with Crippen molar-refractivity contribution in [3.05, 3.63) is 24.3 Å². The summed E-state index contributed by atoms with van der Waals surface area (Å²) in [6.07, 6.45) is 0. The Morgan fingerprint density at radius 2 is 1.94 bits per heavy atom. The molecule has 1 amide bonds. The van der Waals surface area contributed by atoms with Crippen LogP contribution in [0.3, 0.4) is 0 Å². The number of amides is 1. The van der Waals surface area contributed by atoms with E-state index < -0.39 is 0 Å². The van der Waals surface area contributed by atoms with Gasteiger partial charge in [0.05, 0.1) is 13.2 Å². The van der Waals surface area contributed by atoms with E-state index in [2.05, 4.69) is 19.2 Å². The molecule has 0 saturated carbocycles. The maximum atomic E-state index is 11.8. The molecule has 0 aliphatic carbocycles. The van der Waals surface area contributed by atoms with Gasteiger partial charge in [0, 0.05) is 11.7 Å². The Morgan fingerprint density at radius 3 is 2.44 bits per heavy atom. The highest BCUT2D eigenvalue weighted by Gasteiger charge is 2.09. The minimum Gasteiger partial charge on any atom is -0.494 e. The highest BCUT2D eigenvalue weighted by atomic mass is 16.5. The number of likely N-dealkylation sites (N-methyl/N-ethyl adjacent to an activating group) is 1. The molecule has 0 spiro atoms. The summed E-state index contributed by atoms with van der Waals surface area (Å²) >= 11 is 0. The fraction of sp³-hybridized carbons (Fsp3) is 0.500. The molecule has 4 heteroatoms. The fourth-order valence-electron chi connectivity index (χ4n) is 1.41. The Balaban J connectivity index is 2.49. The number of hydrogen-bond donors (Lipinski definition) is 1. The quantitative estimate of drug-likeness (QED) is 0.842. The van der Waals surface area contributed by atoms with Gasteiger partial charge in [-0.25, -0.2) is 0 Å². The molecule has 0 bridgehead atoms. The topological polar surface area (TPSA) is 41.6 Å². The van der Waals surface area contributed by atoms with Crippen molar-refractivity contribution in [3.8, 4) is 5.75 Å². The molecule has 4 nitrogen and oxygen atoms in total. The molecule has 0 unspecified atom stereocenters. The zero-order valence-corrected chi connectivity index (χ0v) is 11.6. The zero-order valence-electron chi connectivity index (χ0n) is 11.6. The highest BCUT2D eigenvalue weighted by Crippen LogP contribution is 2.15. The normalized spacial score (nSPS) is 10.8. The van der Waals surface area contributed by atoms with Gasteiger partial charge in [0.1, 0.15) is 5.75 Å². The Kier molecular flexibility index (Phi) is 5.65. The summed E-state index contributed by atoms with van der Waals surface area (Å²) in [5, 5.41) is 2.86. The van der Waals surface area contributed by atoms with Gasteiger partial charge in [-0.15, -0.1) is 0 Å². The summed E-state index contributed by atoms with van der Waals surface area (Å²) in [7, 11) is 1.93. The molecular weight excluding hydrogens is 228 g/mol. The second-order valence-electron chi connectivity index (χ2n) is 4.51. The van der Waals surface area contributed by atoms with Gasteiger partial charge in [0.15, 0.2) is 0 Å². The first kappa shape index (κ1) is 14.5. The van der Waals surface area contributed by atoms with E-state index in [1.54, 1.807) is 0 Å². The average molecular weight is 250 g/mol. The average Bonchev–Trinajstić information content (AvgIpc) is 2.31. The lowest BCUT2D eigenvalue weighted by Gasteiger charge is -2.20. The maximum absolute atomic E-state index is 11.8. The monoisotopic (exact) mass is 250 g/mol. The van der Waals surface area contributed by atoms with E-state index in [0.29, 0.717) is 19.2 Å². The van der Waals surface area contributed by atoms with Crippen LogP contribution < -0.4 is 10.1 Å². The van der Waals surface area contributed by atoms with Crippen molar-refractivity contribution >= 4 is 11.6 Å². The van der Waals surface area contributed by atoms with Crippen molar-refractivity contribution in [3.63, 3.8) is 0 Å². The molecule has 18 heavy (non-hydrogen) atoms. The van der Waals surface area contributed by atoms with Gasteiger partial charge in [-0.2, -0.15) is 0 Å². The zero-order chi connectivity index (χ0) is 13.5. The van der Waals surface area contributed by atoms with Gasteiger partial charge in [-0.05, 0) is 52.1 Å². The summed E-state index contributed by atoms with van der Waals surface area (Å²) < 4.78 is 5.34. The number of ether oxygens (including phenoxy) is 1. The largest absolute Gasteiger partial charge is 0.494 e. The van der Waals surface area contributed by atoms with Crippen molar-refractivity contribution in [2.45, 2.75) is 26.8 Å². The number of rotatable bonds is 6. The van der Waals surface area contributed by atoms with Gasteiger partial charge in [-0.3, -0.25) is 9.69 Å². The van der Waals surface area contributed by atoms with E-state index in [4.69, 9.17) is 4.74 Å². The first-order valence-electron chi connectivity index (χ1n) is 6.26. The summed E-state index contributed by atoms with van der Waals surface area (Å²) in [4.78, 5) is 13.7. The van der Waals surface area contributed by atoms with Crippen LogP contribution in [0.4, 0.5) is 5.69 Å². The van der Waals surface area contributed by atoms with Crippen LogP contribution >= 0.6 is 0 Å². The van der Waals surface area contributed by atoms with Crippen LogP contribution in [0.2, 0.25) is 0 Å². The van der Waals surface area contributed by atoms with Crippen LogP contribution in [-0.2, 0) is 4.79 Å². The molecule has 0 atom stereocenters. The standard InChI is InChI=1S/C14H22N2O2/c1-5-18-13-8-6-12(7-9-13)15-14(17)10-16(4)11(2)3/h6-9,11H,5,10H2,1-4H3,(H,15,17). The van der Waals surface area contributed by atoms with E-state index >= 15 is 0 Å². The van der Waals surface area contributed by atoms with Crippen molar-refractivity contribution in [2.75, 3.05) is 25.5 Å². The van der Waals surface area contributed by atoms with E-state index in [1.165, 1.54) is 0 Å². The van der Waals surface area contributed by atoms with Crippen molar-refractivity contribution in [1.29, 1.82) is 0 Å². The lowest BCUT2D eigenvalue weighted by atomic mass is 10.3. The Morgan fingerprint density at radius 1 is 1.33 bits per heavy atom. The number of hydrogen-bond acceptors (Lipinski definition) is 3. The van der Waals surface area contributed by atoms with Crippen LogP contribution in [-0.4, -0.2) is 37.0 Å². The number of benzene rings is 1. The Labute approximate surface area is 109 Å². The molecule has 0 fully saturated rings. The van der Waals surface area contributed by atoms with Gasteiger partial charge < -0.3 is 10.1 Å². The number of nitrogens with zero attached hydrogens (tertiary/aromatic N) is 1. The van der Waals surface area contributed by atoms with Crippen molar-refractivity contribution in [2.24, 2.45) is 0 Å².